The summed E-state index contributed by atoms with van der Waals surface area (Å²) in [5, 5.41) is 2.49. The Bertz CT molecular complexity index is 802. The summed E-state index contributed by atoms with van der Waals surface area (Å²) >= 11 is 6.01. The number of nitrogens with one attached hydrogen (secondary N) is 2. The number of carbonyl (C=O) groups excluding carboxylic acids is 1. The third-order valence-corrected chi connectivity index (χ3v) is 4.68. The van der Waals surface area contributed by atoms with Crippen molar-refractivity contribution >= 4 is 33.6 Å². The van der Waals surface area contributed by atoms with Crippen LogP contribution in [0.2, 0.25) is 5.15 Å². The third kappa shape index (κ3) is 4.17. The fraction of sp³-hybridized carbons (Fsp3) is 0.214. The highest BCUT2D eigenvalue weighted by molar-refractivity contribution is 7.90. The number of hydrogen-bond donors (Lipinski definition) is 2. The summed E-state index contributed by atoms with van der Waals surface area (Å²) in [6.45, 7) is 3.64. The summed E-state index contributed by atoms with van der Waals surface area (Å²) in [5.41, 5.74) is 1.39. The van der Waals surface area contributed by atoms with E-state index in [2.05, 4.69) is 15.3 Å². The molecule has 0 saturated heterocycles. The molecule has 2 N–H and O–H groups in total. The van der Waals surface area contributed by atoms with Gasteiger partial charge in [-0.1, -0.05) is 36.7 Å². The lowest BCUT2D eigenvalue weighted by Crippen LogP contribution is -2.35. The van der Waals surface area contributed by atoms with Crippen LogP contribution in [0.4, 0.5) is 10.7 Å². The predicted octanol–water partition coefficient (Wildman–Crippen LogP) is 2.51. The van der Waals surface area contributed by atoms with Gasteiger partial charge < -0.3 is 0 Å². The third-order valence-electron chi connectivity index (χ3n) is 3.02. The number of sulfonamides is 1. The van der Waals surface area contributed by atoms with Crippen molar-refractivity contribution in [3.63, 3.8) is 0 Å². The lowest BCUT2D eigenvalue weighted by Gasteiger charge is -2.10. The fourth-order valence-electron chi connectivity index (χ4n) is 1.93. The first-order valence-electron chi connectivity index (χ1n) is 6.75. The van der Waals surface area contributed by atoms with E-state index in [9.17, 15) is 13.2 Å². The van der Waals surface area contributed by atoms with Gasteiger partial charge in [0.1, 0.15) is 5.15 Å². The molecule has 2 aromatic rings. The Morgan fingerprint density at radius 1 is 1.22 bits per heavy atom. The predicted molar refractivity (Wildman–Crippen MR) is 86.9 cm³/mol. The van der Waals surface area contributed by atoms with Gasteiger partial charge in [0.15, 0.2) is 0 Å². The number of aromatic nitrogens is 2. The normalized spacial score (nSPS) is 11.1. The first-order valence-corrected chi connectivity index (χ1v) is 8.61. The highest BCUT2D eigenvalue weighted by atomic mass is 35.5. The van der Waals surface area contributed by atoms with Crippen LogP contribution in [0.15, 0.2) is 35.2 Å². The van der Waals surface area contributed by atoms with Crippen LogP contribution in [-0.2, 0) is 16.4 Å². The van der Waals surface area contributed by atoms with Gasteiger partial charge in [-0.25, -0.2) is 27.9 Å². The number of nitrogens with zero attached hydrogens (tertiary/aromatic N) is 2. The smallest absolute Gasteiger partial charge is 0.275 e. The largest absolute Gasteiger partial charge is 0.335 e. The second-order valence-electron chi connectivity index (χ2n) is 4.63. The zero-order chi connectivity index (χ0) is 17.0. The van der Waals surface area contributed by atoms with Crippen LogP contribution in [0.3, 0.4) is 0 Å². The summed E-state index contributed by atoms with van der Waals surface area (Å²) in [5.74, 6) is -0.0644. The average Bonchev–Trinajstić information content (AvgIpc) is 2.47. The molecule has 2 amide bonds. The molecule has 0 bridgehead atoms. The number of aryl methyl sites for hydroxylation is 1. The van der Waals surface area contributed by atoms with Crippen LogP contribution >= 0.6 is 11.6 Å². The van der Waals surface area contributed by atoms with Crippen LogP contribution in [0.1, 0.15) is 18.2 Å². The van der Waals surface area contributed by atoms with Crippen LogP contribution < -0.4 is 10.0 Å². The fourth-order valence-corrected chi connectivity index (χ4v) is 3.21. The zero-order valence-corrected chi connectivity index (χ0v) is 14.1. The maximum Gasteiger partial charge on any atom is 0.335 e. The number of anilines is 1. The monoisotopic (exact) mass is 354 g/mol. The van der Waals surface area contributed by atoms with Crippen molar-refractivity contribution in [2.45, 2.75) is 25.2 Å². The molecule has 0 saturated carbocycles. The van der Waals surface area contributed by atoms with Gasteiger partial charge in [0.25, 0.3) is 10.0 Å². The molecule has 23 heavy (non-hydrogen) atoms. The molecular formula is C14H15ClN4O3S. The molecule has 2 rings (SSSR count). The summed E-state index contributed by atoms with van der Waals surface area (Å²) in [6, 6.07) is 6.58. The van der Waals surface area contributed by atoms with E-state index in [0.717, 1.165) is 5.56 Å². The minimum atomic E-state index is -3.96. The molecule has 0 atom stereocenters. The number of urea groups is 1. The Labute approximate surface area is 139 Å². The number of carbonyl (C=O) groups is 1. The molecule has 0 aliphatic heterocycles. The van der Waals surface area contributed by atoms with E-state index >= 15 is 0 Å². The van der Waals surface area contributed by atoms with Crippen molar-refractivity contribution in [2.24, 2.45) is 0 Å². The van der Waals surface area contributed by atoms with Crippen molar-refractivity contribution < 1.29 is 13.2 Å². The molecule has 1 aromatic heterocycles. The molecule has 1 heterocycles. The zero-order valence-electron chi connectivity index (χ0n) is 12.5. The van der Waals surface area contributed by atoms with Gasteiger partial charge in [0, 0.05) is 11.3 Å². The van der Waals surface area contributed by atoms with Gasteiger partial charge >= 0.3 is 6.03 Å². The lowest BCUT2D eigenvalue weighted by atomic mass is 10.2. The van der Waals surface area contributed by atoms with Crippen molar-refractivity contribution in [1.29, 1.82) is 0 Å². The molecule has 7 nitrogen and oxygen atoms in total. The van der Waals surface area contributed by atoms with Gasteiger partial charge in [0.2, 0.25) is 5.95 Å². The molecule has 0 unspecified atom stereocenters. The number of halogens is 1. The highest BCUT2D eigenvalue weighted by Gasteiger charge is 2.18. The van der Waals surface area contributed by atoms with E-state index in [4.69, 9.17) is 11.6 Å². The average molecular weight is 355 g/mol. The van der Waals surface area contributed by atoms with E-state index in [1.165, 1.54) is 12.1 Å². The van der Waals surface area contributed by atoms with Gasteiger partial charge in [-0.3, -0.25) is 5.32 Å². The van der Waals surface area contributed by atoms with Crippen LogP contribution in [0, 0.1) is 6.92 Å². The van der Waals surface area contributed by atoms with Gasteiger partial charge in [-0.15, -0.1) is 0 Å². The molecule has 0 spiro atoms. The van der Waals surface area contributed by atoms with Crippen molar-refractivity contribution in [3.8, 4) is 0 Å². The molecule has 0 radical (unpaired) electrons. The van der Waals surface area contributed by atoms with Crippen molar-refractivity contribution in [1.82, 2.24) is 14.7 Å². The molecule has 1 aromatic carbocycles. The number of rotatable bonds is 4. The Balaban J connectivity index is 2.14. The topological polar surface area (TPSA) is 101 Å². The summed E-state index contributed by atoms with van der Waals surface area (Å²) in [6.07, 6.45) is 0.652. The van der Waals surface area contributed by atoms with Gasteiger partial charge in [0.05, 0.1) is 4.90 Å². The van der Waals surface area contributed by atoms with E-state index < -0.39 is 16.1 Å². The first kappa shape index (κ1) is 17.2. The van der Waals surface area contributed by atoms with Crippen molar-refractivity contribution in [3.05, 3.63) is 46.7 Å². The number of benzene rings is 1. The van der Waals surface area contributed by atoms with E-state index in [1.807, 2.05) is 11.6 Å². The standard InChI is InChI=1S/C14H15ClN4O3S/c1-3-11-9(2)16-13(17-12(11)15)18-14(20)19-23(21,22)10-7-5-4-6-8-10/h4-8H,3H2,1-2H3,(H2,16,17,18,19,20). The maximum absolute atomic E-state index is 12.0. The van der Waals surface area contributed by atoms with Crippen LogP contribution in [0.25, 0.3) is 0 Å². The number of hydrogen-bond acceptors (Lipinski definition) is 5. The summed E-state index contributed by atoms with van der Waals surface area (Å²) < 4.78 is 25.9. The number of amides is 2. The molecule has 0 aliphatic carbocycles. The van der Waals surface area contributed by atoms with Crippen LogP contribution in [-0.4, -0.2) is 24.4 Å². The van der Waals surface area contributed by atoms with E-state index in [1.54, 1.807) is 25.1 Å². The Morgan fingerprint density at radius 3 is 2.43 bits per heavy atom. The Morgan fingerprint density at radius 2 is 1.87 bits per heavy atom. The van der Waals surface area contributed by atoms with E-state index in [0.29, 0.717) is 12.1 Å². The van der Waals surface area contributed by atoms with Gasteiger partial charge in [-0.05, 0) is 25.5 Å². The minimum Gasteiger partial charge on any atom is -0.275 e. The van der Waals surface area contributed by atoms with E-state index in [-0.39, 0.29) is 16.0 Å². The summed E-state index contributed by atoms with van der Waals surface area (Å²) in [4.78, 5) is 19.9. The SMILES string of the molecule is CCc1c(C)nc(NC(=O)NS(=O)(=O)c2ccccc2)nc1Cl. The minimum absolute atomic E-state index is 0.0217. The second kappa shape index (κ2) is 6.93. The van der Waals surface area contributed by atoms with Gasteiger partial charge in [-0.2, -0.15) is 0 Å². The quantitative estimate of drug-likeness (QED) is 0.821. The molecule has 0 fully saturated rings. The second-order valence-corrected chi connectivity index (χ2v) is 6.67. The summed E-state index contributed by atoms with van der Waals surface area (Å²) in [7, 11) is -3.96. The highest BCUT2D eigenvalue weighted by Crippen LogP contribution is 2.18. The van der Waals surface area contributed by atoms with Crippen LogP contribution in [0.5, 0.6) is 0 Å². The Kier molecular flexibility index (Phi) is 5.17. The maximum atomic E-state index is 12.0. The molecule has 0 aliphatic rings. The lowest BCUT2D eigenvalue weighted by molar-refractivity contribution is 0.256. The molecule has 9 heteroatoms. The van der Waals surface area contributed by atoms with Crippen molar-refractivity contribution in [2.75, 3.05) is 5.32 Å². The Hall–Kier alpha value is -2.19. The molecular weight excluding hydrogens is 340 g/mol. The first-order chi connectivity index (χ1) is 10.8. The molecule has 122 valence electrons.